The quantitative estimate of drug-likeness (QED) is 0.775. The largest absolute Gasteiger partial charge is 0.316 e. The Hall–Kier alpha value is -0.600. The van der Waals surface area contributed by atoms with Crippen molar-refractivity contribution in [3.8, 4) is 0 Å². The smallest absolute Gasteiger partial charge is 0.142 e. The van der Waals surface area contributed by atoms with Gasteiger partial charge in [0.25, 0.3) is 0 Å². The van der Waals surface area contributed by atoms with Crippen LogP contribution in [0.25, 0.3) is 0 Å². The Labute approximate surface area is 93.6 Å². The highest BCUT2D eigenvalue weighted by Gasteiger charge is 2.65. The molecule has 1 heterocycles. The Morgan fingerprint density at radius 3 is 2.93 bits per heavy atom. The van der Waals surface area contributed by atoms with Crippen molar-refractivity contribution in [3.63, 3.8) is 0 Å². The third-order valence-corrected chi connectivity index (χ3v) is 4.51. The number of rotatable bonds is 1. The summed E-state index contributed by atoms with van der Waals surface area (Å²) in [6.07, 6.45) is 0. The van der Waals surface area contributed by atoms with Crippen molar-refractivity contribution in [2.24, 2.45) is 11.8 Å². The first-order valence-corrected chi connectivity index (χ1v) is 5.70. The average Bonchev–Trinajstić information content (AvgIpc) is 2.64. The Bertz CT molecular complexity index is 420. The minimum absolute atomic E-state index is 0.186. The van der Waals surface area contributed by atoms with E-state index in [1.54, 1.807) is 12.1 Å². The molecular formula is C12H13ClFN. The van der Waals surface area contributed by atoms with E-state index in [4.69, 9.17) is 11.6 Å². The van der Waals surface area contributed by atoms with Gasteiger partial charge in [-0.25, -0.2) is 4.39 Å². The molecule has 2 fully saturated rings. The van der Waals surface area contributed by atoms with Crippen molar-refractivity contribution in [3.05, 3.63) is 34.6 Å². The van der Waals surface area contributed by atoms with E-state index in [0.717, 1.165) is 18.7 Å². The van der Waals surface area contributed by atoms with Gasteiger partial charge in [0.15, 0.2) is 0 Å². The second-order valence-corrected chi connectivity index (χ2v) is 5.10. The fourth-order valence-corrected chi connectivity index (χ4v) is 3.29. The molecule has 1 aromatic rings. The molecule has 15 heavy (non-hydrogen) atoms. The lowest BCUT2D eigenvalue weighted by atomic mass is 9.93. The monoisotopic (exact) mass is 225 g/mol. The topological polar surface area (TPSA) is 12.0 Å². The van der Waals surface area contributed by atoms with Gasteiger partial charge >= 0.3 is 0 Å². The van der Waals surface area contributed by atoms with Crippen LogP contribution in [-0.2, 0) is 5.41 Å². The maximum atomic E-state index is 13.4. The van der Waals surface area contributed by atoms with E-state index in [-0.39, 0.29) is 16.3 Å². The Morgan fingerprint density at radius 1 is 1.53 bits per heavy atom. The first-order valence-electron chi connectivity index (χ1n) is 5.32. The zero-order valence-corrected chi connectivity index (χ0v) is 9.31. The molecule has 3 rings (SSSR count). The molecule has 0 aromatic heterocycles. The highest BCUT2D eigenvalue weighted by atomic mass is 35.5. The van der Waals surface area contributed by atoms with Crippen LogP contribution in [0.1, 0.15) is 12.5 Å². The maximum Gasteiger partial charge on any atom is 0.142 e. The summed E-state index contributed by atoms with van der Waals surface area (Å²) in [5, 5.41) is 3.58. The number of halogens is 2. The summed E-state index contributed by atoms with van der Waals surface area (Å²) in [6, 6.07) is 5.24. The fourth-order valence-electron chi connectivity index (χ4n) is 3.18. The van der Waals surface area contributed by atoms with Gasteiger partial charge in [-0.2, -0.15) is 0 Å². The van der Waals surface area contributed by atoms with Gasteiger partial charge < -0.3 is 5.32 Å². The van der Waals surface area contributed by atoms with Crippen LogP contribution in [-0.4, -0.2) is 13.1 Å². The molecule has 3 heteroatoms. The summed E-state index contributed by atoms with van der Waals surface area (Å²) < 4.78 is 13.4. The lowest BCUT2D eigenvalue weighted by Gasteiger charge is -2.14. The molecule has 0 amide bonds. The zero-order chi connectivity index (χ0) is 10.6. The lowest BCUT2D eigenvalue weighted by Crippen LogP contribution is -2.22. The second kappa shape index (κ2) is 2.96. The van der Waals surface area contributed by atoms with Crippen molar-refractivity contribution in [1.29, 1.82) is 0 Å². The van der Waals surface area contributed by atoms with Gasteiger partial charge in [-0.3, -0.25) is 0 Å². The summed E-state index contributed by atoms with van der Waals surface area (Å²) in [5.74, 6) is 1.05. The van der Waals surface area contributed by atoms with Crippen LogP contribution in [0.2, 0.25) is 5.02 Å². The van der Waals surface area contributed by atoms with Gasteiger partial charge in [0.1, 0.15) is 5.82 Å². The Morgan fingerprint density at radius 2 is 2.33 bits per heavy atom. The predicted molar refractivity (Wildman–Crippen MR) is 58.6 cm³/mol. The molecule has 0 bridgehead atoms. The molecule has 1 N–H and O–H groups in total. The van der Waals surface area contributed by atoms with Gasteiger partial charge in [0.05, 0.1) is 5.02 Å². The minimum atomic E-state index is -0.298. The van der Waals surface area contributed by atoms with Crippen LogP contribution in [0.3, 0.4) is 0 Å². The van der Waals surface area contributed by atoms with Gasteiger partial charge in [0, 0.05) is 12.0 Å². The van der Waals surface area contributed by atoms with Crippen LogP contribution in [0, 0.1) is 17.7 Å². The fraction of sp³-hybridized carbons (Fsp3) is 0.500. The first kappa shape index (κ1) is 9.61. The van der Waals surface area contributed by atoms with Gasteiger partial charge in [0.2, 0.25) is 0 Å². The second-order valence-electron chi connectivity index (χ2n) is 4.70. The van der Waals surface area contributed by atoms with Crippen LogP contribution >= 0.6 is 11.6 Å². The molecule has 80 valence electrons. The van der Waals surface area contributed by atoms with E-state index >= 15 is 0 Å². The SMILES string of the molecule is C[C@@H]1[C@H]2CNCC12c1ccc(Cl)c(F)c1. The third-order valence-electron chi connectivity index (χ3n) is 4.21. The molecule has 0 spiro atoms. The normalized spacial score (nSPS) is 37.8. The predicted octanol–water partition coefficient (Wildman–Crippen LogP) is 2.59. The lowest BCUT2D eigenvalue weighted by molar-refractivity contribution is 0.580. The molecule has 1 aromatic carbocycles. The van der Waals surface area contributed by atoms with Gasteiger partial charge in [-0.15, -0.1) is 0 Å². The number of nitrogens with one attached hydrogen (secondary N) is 1. The zero-order valence-electron chi connectivity index (χ0n) is 8.56. The highest BCUT2D eigenvalue weighted by Crippen LogP contribution is 2.61. The first-order chi connectivity index (χ1) is 7.16. The summed E-state index contributed by atoms with van der Waals surface area (Å²) in [7, 11) is 0. The highest BCUT2D eigenvalue weighted by molar-refractivity contribution is 6.30. The molecule has 3 atom stereocenters. The Kier molecular flexibility index (Phi) is 1.89. The molecule has 1 saturated carbocycles. The molecule has 1 nitrogen and oxygen atoms in total. The molecule has 1 unspecified atom stereocenters. The van der Waals surface area contributed by atoms with Gasteiger partial charge in [-0.05, 0) is 36.1 Å². The number of fused-ring (bicyclic) bond motifs is 1. The third kappa shape index (κ3) is 1.12. The molecular weight excluding hydrogens is 213 g/mol. The average molecular weight is 226 g/mol. The molecule has 1 saturated heterocycles. The number of piperidine rings is 1. The molecule has 0 radical (unpaired) electrons. The molecule has 1 aliphatic heterocycles. The van der Waals surface area contributed by atoms with Crippen molar-refractivity contribution >= 4 is 11.6 Å². The molecule has 1 aliphatic carbocycles. The van der Waals surface area contributed by atoms with Crippen LogP contribution in [0.4, 0.5) is 4.39 Å². The van der Waals surface area contributed by atoms with Crippen LogP contribution in [0.15, 0.2) is 18.2 Å². The van der Waals surface area contributed by atoms with Crippen LogP contribution < -0.4 is 5.32 Å². The Balaban J connectivity index is 2.03. The van der Waals surface area contributed by atoms with E-state index < -0.39 is 0 Å². The molecule has 2 aliphatic rings. The number of benzene rings is 1. The van der Waals surface area contributed by atoms with E-state index in [1.807, 2.05) is 6.07 Å². The standard InChI is InChI=1S/C12H13ClFN/c1-7-9-5-15-6-12(7,9)8-2-3-10(13)11(14)4-8/h2-4,7,9,15H,5-6H2,1H3/t7-,9-,12?/m1/s1. The van der Waals surface area contributed by atoms with Crippen molar-refractivity contribution in [2.45, 2.75) is 12.3 Å². The summed E-state index contributed by atoms with van der Waals surface area (Å²) >= 11 is 5.69. The maximum absolute atomic E-state index is 13.4. The summed E-state index contributed by atoms with van der Waals surface area (Å²) in [6.45, 7) is 4.28. The van der Waals surface area contributed by atoms with E-state index in [1.165, 1.54) is 0 Å². The summed E-state index contributed by atoms with van der Waals surface area (Å²) in [5.41, 5.74) is 1.29. The van der Waals surface area contributed by atoms with Crippen molar-refractivity contribution in [1.82, 2.24) is 5.32 Å². The number of hydrogen-bond acceptors (Lipinski definition) is 1. The van der Waals surface area contributed by atoms with Crippen molar-refractivity contribution < 1.29 is 4.39 Å². The number of hydrogen-bond donors (Lipinski definition) is 1. The van der Waals surface area contributed by atoms with Crippen molar-refractivity contribution in [2.75, 3.05) is 13.1 Å². The van der Waals surface area contributed by atoms with E-state index in [2.05, 4.69) is 12.2 Å². The minimum Gasteiger partial charge on any atom is -0.316 e. The summed E-state index contributed by atoms with van der Waals surface area (Å²) in [4.78, 5) is 0. The van der Waals surface area contributed by atoms with Gasteiger partial charge in [-0.1, -0.05) is 24.6 Å². The van der Waals surface area contributed by atoms with Crippen LogP contribution in [0.5, 0.6) is 0 Å². The van der Waals surface area contributed by atoms with E-state index in [0.29, 0.717) is 11.8 Å². The van der Waals surface area contributed by atoms with E-state index in [9.17, 15) is 4.39 Å².